The number of nitrogens with one attached hydrogen (secondary N) is 3. The summed E-state index contributed by atoms with van der Waals surface area (Å²) in [6.45, 7) is 18.7. The molecule has 0 aliphatic carbocycles. The highest BCUT2D eigenvalue weighted by Crippen LogP contribution is 2.29. The minimum absolute atomic E-state index is 0.561. The second kappa shape index (κ2) is 14.6. The number of piperazine rings is 1. The Morgan fingerprint density at radius 2 is 1.82 bits per heavy atom. The van der Waals surface area contributed by atoms with Crippen LogP contribution in [0, 0.1) is 6.92 Å². The maximum absolute atomic E-state index is 5.06. The van der Waals surface area contributed by atoms with Crippen LogP contribution in [0.4, 0.5) is 0 Å². The summed E-state index contributed by atoms with van der Waals surface area (Å²) in [4.78, 5) is 22.8. The highest BCUT2D eigenvalue weighted by Gasteiger charge is 2.23. The summed E-state index contributed by atoms with van der Waals surface area (Å²) in [5.74, 6) is 0.681. The molecule has 0 atom stereocenters. The first-order chi connectivity index (χ1) is 22.0. The van der Waals surface area contributed by atoms with E-state index in [2.05, 4.69) is 79.8 Å². The Morgan fingerprint density at radius 1 is 1.04 bits per heavy atom. The topological polar surface area (TPSA) is 101 Å². The van der Waals surface area contributed by atoms with Gasteiger partial charge in [-0.1, -0.05) is 69.5 Å². The van der Waals surface area contributed by atoms with Crippen molar-refractivity contribution in [3.8, 4) is 11.5 Å². The average molecular weight is 602 g/mol. The number of imidazole rings is 1. The van der Waals surface area contributed by atoms with Gasteiger partial charge in [-0.3, -0.25) is 10.1 Å². The molecule has 1 fully saturated rings. The SMILES string of the molecule is C=C/C=C(\c1nc(-c2n[nH]c3ccc(C4=CCN=CC(NC(=C)Cc5ccccc5)=C4)nc23)[nH]c1C)N1CCN(C)CC1.CC. The molecule has 5 heterocycles. The molecule has 2 aliphatic rings. The first kappa shape index (κ1) is 31.4. The van der Waals surface area contributed by atoms with E-state index < -0.39 is 0 Å². The van der Waals surface area contributed by atoms with Gasteiger partial charge in [0.05, 0.1) is 29.1 Å². The molecular weight excluding hydrogens is 558 g/mol. The van der Waals surface area contributed by atoms with Gasteiger partial charge in [-0.25, -0.2) is 9.97 Å². The lowest BCUT2D eigenvalue weighted by Gasteiger charge is -2.35. The summed E-state index contributed by atoms with van der Waals surface area (Å²) >= 11 is 0. The highest BCUT2D eigenvalue weighted by molar-refractivity contribution is 5.91. The molecule has 0 radical (unpaired) electrons. The van der Waals surface area contributed by atoms with Crippen LogP contribution in [0.25, 0.3) is 33.8 Å². The second-order valence-electron chi connectivity index (χ2n) is 10.9. The van der Waals surface area contributed by atoms with Gasteiger partial charge in [-0.15, -0.1) is 0 Å². The molecular formula is C36H43N9. The molecule has 1 aromatic carbocycles. The molecule has 0 bridgehead atoms. The van der Waals surface area contributed by atoms with Crippen molar-refractivity contribution in [3.05, 3.63) is 114 Å². The van der Waals surface area contributed by atoms with Crippen LogP contribution < -0.4 is 5.32 Å². The van der Waals surface area contributed by atoms with Gasteiger partial charge in [-0.2, -0.15) is 5.10 Å². The molecule has 1 saturated heterocycles. The number of fused-ring (bicyclic) bond motifs is 1. The van der Waals surface area contributed by atoms with Gasteiger partial charge in [0.2, 0.25) is 0 Å². The lowest BCUT2D eigenvalue weighted by atomic mass is 10.1. The van der Waals surface area contributed by atoms with Crippen molar-refractivity contribution in [2.75, 3.05) is 39.8 Å². The number of aromatic nitrogens is 5. The molecule has 0 spiro atoms. The maximum Gasteiger partial charge on any atom is 0.161 e. The van der Waals surface area contributed by atoms with E-state index in [1.165, 1.54) is 5.56 Å². The normalized spacial score (nSPS) is 15.6. The fourth-order valence-electron chi connectivity index (χ4n) is 5.44. The minimum atomic E-state index is 0.561. The van der Waals surface area contributed by atoms with Crippen LogP contribution in [0.1, 0.15) is 36.5 Å². The van der Waals surface area contributed by atoms with Crippen LogP contribution >= 0.6 is 0 Å². The molecule has 6 rings (SSSR count). The van der Waals surface area contributed by atoms with Crippen LogP contribution in [-0.2, 0) is 6.42 Å². The van der Waals surface area contributed by atoms with Crippen molar-refractivity contribution in [1.82, 2.24) is 40.3 Å². The predicted molar refractivity (Wildman–Crippen MR) is 187 cm³/mol. The Kier molecular flexibility index (Phi) is 10.2. The number of aromatic amines is 2. The number of benzene rings is 1. The van der Waals surface area contributed by atoms with Gasteiger partial charge in [0, 0.05) is 55.8 Å². The van der Waals surface area contributed by atoms with E-state index in [0.717, 1.165) is 83.4 Å². The van der Waals surface area contributed by atoms with Crippen molar-refractivity contribution >= 4 is 28.5 Å². The van der Waals surface area contributed by atoms with Crippen molar-refractivity contribution in [2.45, 2.75) is 27.2 Å². The zero-order valence-electron chi connectivity index (χ0n) is 26.8. The number of rotatable bonds is 9. The highest BCUT2D eigenvalue weighted by atomic mass is 15.3. The van der Waals surface area contributed by atoms with Gasteiger partial charge < -0.3 is 20.1 Å². The number of aliphatic imine (C=N–C) groups is 1. The number of pyridine rings is 1. The van der Waals surface area contributed by atoms with E-state index in [1.807, 2.05) is 69.5 Å². The van der Waals surface area contributed by atoms with Gasteiger partial charge in [-0.05, 0) is 43.8 Å². The molecule has 0 amide bonds. The quantitative estimate of drug-likeness (QED) is 0.199. The summed E-state index contributed by atoms with van der Waals surface area (Å²) in [6, 6.07) is 14.3. The zero-order valence-corrected chi connectivity index (χ0v) is 26.8. The molecule has 3 aromatic heterocycles. The average Bonchev–Trinajstić information content (AvgIpc) is 3.57. The number of aryl methyl sites for hydroxylation is 1. The van der Waals surface area contributed by atoms with Gasteiger partial charge in [0.25, 0.3) is 0 Å². The molecule has 9 nitrogen and oxygen atoms in total. The van der Waals surface area contributed by atoms with Gasteiger partial charge in [0.1, 0.15) is 11.2 Å². The molecule has 2 aliphatic heterocycles. The third-order valence-electron chi connectivity index (χ3n) is 7.71. The Hall–Kier alpha value is -5.02. The Morgan fingerprint density at radius 3 is 2.58 bits per heavy atom. The Bertz CT molecular complexity index is 1760. The number of hydrogen-bond donors (Lipinski definition) is 3. The predicted octanol–water partition coefficient (Wildman–Crippen LogP) is 6.15. The second-order valence-corrected chi connectivity index (χ2v) is 10.9. The van der Waals surface area contributed by atoms with E-state index in [9.17, 15) is 0 Å². The molecule has 9 heteroatoms. The van der Waals surface area contributed by atoms with Crippen LogP contribution in [0.3, 0.4) is 0 Å². The summed E-state index contributed by atoms with van der Waals surface area (Å²) < 4.78 is 0. The first-order valence-corrected chi connectivity index (χ1v) is 15.6. The summed E-state index contributed by atoms with van der Waals surface area (Å²) in [5.41, 5.74) is 10.0. The lowest BCUT2D eigenvalue weighted by molar-refractivity contribution is 0.207. The monoisotopic (exact) mass is 601 g/mol. The summed E-state index contributed by atoms with van der Waals surface area (Å²) in [5, 5.41) is 11.2. The molecule has 0 unspecified atom stereocenters. The number of likely N-dealkylation sites (N-methyl/N-ethyl adjacent to an activating group) is 1. The minimum Gasteiger partial charge on any atom is -0.367 e. The van der Waals surface area contributed by atoms with Crippen molar-refractivity contribution in [2.24, 2.45) is 4.99 Å². The van der Waals surface area contributed by atoms with E-state index in [-0.39, 0.29) is 0 Å². The Labute approximate surface area is 265 Å². The standard InChI is InChI=1S/C34H37N9.C2H6/c1-5-9-30(43-18-16-42(4)17-19-43)31-24(3)37-34(39-31)33-32-29(40-41-33)13-12-28(38-32)26-14-15-35-22-27(21-26)36-23(2)20-25-10-7-6-8-11-25;1-2/h5-14,21-22,36H,1-2,15-20H2,3-4H3,(H,37,39)(H,40,41);1-2H3/b30-9+;. The van der Waals surface area contributed by atoms with E-state index in [4.69, 9.17) is 9.97 Å². The maximum atomic E-state index is 5.06. The van der Waals surface area contributed by atoms with Crippen LogP contribution in [0.5, 0.6) is 0 Å². The number of H-pyrrole nitrogens is 2. The first-order valence-electron chi connectivity index (χ1n) is 15.6. The number of allylic oxidation sites excluding steroid dienone is 6. The number of hydrogen-bond acceptors (Lipinski definition) is 7. The van der Waals surface area contributed by atoms with E-state index in [1.54, 1.807) is 0 Å². The summed E-state index contributed by atoms with van der Waals surface area (Å²) in [7, 11) is 2.16. The van der Waals surface area contributed by atoms with Crippen molar-refractivity contribution < 1.29 is 0 Å². The van der Waals surface area contributed by atoms with Crippen molar-refractivity contribution in [1.29, 1.82) is 0 Å². The van der Waals surface area contributed by atoms with Crippen LogP contribution in [-0.4, -0.2) is 80.9 Å². The molecule has 4 aromatic rings. The molecule has 3 N–H and O–H groups in total. The largest absolute Gasteiger partial charge is 0.367 e. The fourth-order valence-corrected chi connectivity index (χ4v) is 5.44. The third kappa shape index (κ3) is 7.38. The van der Waals surface area contributed by atoms with Crippen LogP contribution in [0.2, 0.25) is 0 Å². The Balaban J connectivity index is 0.00000196. The smallest absolute Gasteiger partial charge is 0.161 e. The van der Waals surface area contributed by atoms with Gasteiger partial charge in [0.15, 0.2) is 11.5 Å². The lowest BCUT2D eigenvalue weighted by Crippen LogP contribution is -2.43. The summed E-state index contributed by atoms with van der Waals surface area (Å²) in [6.07, 6.45) is 10.6. The van der Waals surface area contributed by atoms with Gasteiger partial charge >= 0.3 is 0 Å². The third-order valence-corrected chi connectivity index (χ3v) is 7.71. The van der Waals surface area contributed by atoms with Crippen molar-refractivity contribution in [3.63, 3.8) is 0 Å². The number of nitrogens with zero attached hydrogens (tertiary/aromatic N) is 6. The molecule has 232 valence electrons. The van der Waals surface area contributed by atoms with E-state index in [0.29, 0.717) is 18.1 Å². The fraction of sp³-hybridized carbons (Fsp3) is 0.278. The molecule has 45 heavy (non-hydrogen) atoms. The van der Waals surface area contributed by atoms with E-state index >= 15 is 0 Å². The molecule has 0 saturated carbocycles. The zero-order chi connectivity index (χ0) is 31.8. The van der Waals surface area contributed by atoms with Crippen LogP contribution in [0.15, 0.2) is 96.3 Å².